The summed E-state index contributed by atoms with van der Waals surface area (Å²) in [5, 5.41) is 10.3. The zero-order valence-corrected chi connectivity index (χ0v) is 35.4. The zero-order chi connectivity index (χ0) is 42.2. The van der Waals surface area contributed by atoms with Crippen molar-refractivity contribution in [2.45, 2.75) is 95.4 Å². The molecule has 0 radical (unpaired) electrons. The number of aryl methyl sites for hydroxylation is 3. The average molecular weight is 819 g/mol. The maximum absolute atomic E-state index is 13.6. The largest absolute Gasteiger partial charge is 0.459 e. The van der Waals surface area contributed by atoms with Crippen molar-refractivity contribution in [2.24, 2.45) is 5.16 Å². The lowest BCUT2D eigenvalue weighted by atomic mass is 9.76. The molecule has 2 heterocycles. The molecule has 0 saturated carbocycles. The highest BCUT2D eigenvalue weighted by molar-refractivity contribution is 7.89. The molecule has 0 spiro atoms. The third-order valence-electron chi connectivity index (χ3n) is 10.1. The van der Waals surface area contributed by atoms with Crippen molar-refractivity contribution in [3.05, 3.63) is 149 Å². The topological polar surface area (TPSA) is 153 Å². The van der Waals surface area contributed by atoms with Crippen LogP contribution in [0.5, 0.6) is 0 Å². The second kappa shape index (κ2) is 18.4. The lowest BCUT2D eigenvalue weighted by Gasteiger charge is -2.38. The number of hydrogen-bond acceptors (Lipinski definition) is 9. The molecule has 1 aliphatic heterocycles. The van der Waals surface area contributed by atoms with Crippen molar-refractivity contribution < 1.29 is 27.6 Å². The molecule has 2 atom stereocenters. The van der Waals surface area contributed by atoms with Gasteiger partial charge in [-0.1, -0.05) is 114 Å². The minimum Gasteiger partial charge on any atom is -0.459 e. The van der Waals surface area contributed by atoms with Gasteiger partial charge in [-0.15, -0.1) is 0 Å². The molecule has 1 amide bonds. The van der Waals surface area contributed by atoms with Crippen LogP contribution in [-0.2, 0) is 34.7 Å². The monoisotopic (exact) mass is 818 g/mol. The van der Waals surface area contributed by atoms with Crippen LogP contribution >= 0.6 is 0 Å². The lowest BCUT2D eigenvalue weighted by molar-refractivity contribution is -0.156. The van der Waals surface area contributed by atoms with Crippen molar-refractivity contribution in [3.63, 3.8) is 0 Å². The van der Waals surface area contributed by atoms with E-state index in [2.05, 4.69) is 97.9 Å². The summed E-state index contributed by atoms with van der Waals surface area (Å²) in [6, 6.07) is 33.5. The van der Waals surface area contributed by atoms with E-state index in [0.717, 1.165) is 41.0 Å². The number of benzene rings is 4. The van der Waals surface area contributed by atoms with Gasteiger partial charge in [-0.25, -0.2) is 13.4 Å². The summed E-state index contributed by atoms with van der Waals surface area (Å²) >= 11 is 0. The molecule has 13 heteroatoms. The van der Waals surface area contributed by atoms with Crippen molar-refractivity contribution in [2.75, 3.05) is 18.4 Å². The van der Waals surface area contributed by atoms with Crippen molar-refractivity contribution >= 4 is 33.6 Å². The Kier molecular flexibility index (Phi) is 13.4. The van der Waals surface area contributed by atoms with Gasteiger partial charge >= 0.3 is 5.97 Å². The first kappa shape index (κ1) is 42.8. The number of oxime groups is 1. The van der Waals surface area contributed by atoms with E-state index >= 15 is 0 Å². The van der Waals surface area contributed by atoms with Crippen LogP contribution in [0.2, 0.25) is 0 Å². The number of unbranched alkanes of at least 4 members (excludes halogenated alkanes) is 1. The summed E-state index contributed by atoms with van der Waals surface area (Å²) < 4.78 is 37.4. The number of carbonyl (C=O) groups is 2. The second-order valence-electron chi connectivity index (χ2n) is 16.0. The molecule has 59 heavy (non-hydrogen) atoms. The predicted molar refractivity (Wildman–Crippen MR) is 230 cm³/mol. The Labute approximate surface area is 347 Å². The first-order valence-corrected chi connectivity index (χ1v) is 21.5. The lowest BCUT2D eigenvalue weighted by Crippen LogP contribution is -2.51. The minimum absolute atomic E-state index is 0.0829. The number of ether oxygens (including phenoxy) is 1. The molecule has 0 bridgehead atoms. The highest BCUT2D eigenvalue weighted by atomic mass is 32.2. The smallest absolute Gasteiger partial charge is 0.326 e. The van der Waals surface area contributed by atoms with Crippen LogP contribution in [0.3, 0.4) is 0 Å². The van der Waals surface area contributed by atoms with E-state index in [1.807, 2.05) is 37.5 Å². The molecule has 1 aliphatic rings. The Morgan fingerprint density at radius 1 is 0.864 bits per heavy atom. The molecule has 6 rings (SSSR count). The first-order valence-electron chi connectivity index (χ1n) is 20.0. The van der Waals surface area contributed by atoms with Crippen LogP contribution in [0.1, 0.15) is 79.8 Å². The molecular weight excluding hydrogens is 765 g/mol. The summed E-state index contributed by atoms with van der Waals surface area (Å²) in [6.45, 7) is 10.7. The number of aromatic nitrogens is 2. The predicted octanol–water partition coefficient (Wildman–Crippen LogP) is 7.18. The summed E-state index contributed by atoms with van der Waals surface area (Å²) in [7, 11) is -4.16. The fourth-order valence-electron chi connectivity index (χ4n) is 7.75. The van der Waals surface area contributed by atoms with Crippen LogP contribution in [0.15, 0.2) is 126 Å². The highest BCUT2D eigenvalue weighted by Crippen LogP contribution is 2.42. The van der Waals surface area contributed by atoms with Gasteiger partial charge in [-0.3, -0.25) is 14.2 Å². The van der Waals surface area contributed by atoms with Gasteiger partial charge in [0.15, 0.2) is 0 Å². The number of anilines is 1. The molecular formula is C46H54N6O6S. The first-order chi connectivity index (χ1) is 28.2. The molecule has 1 aromatic heterocycles. The second-order valence-corrected chi connectivity index (χ2v) is 17.6. The number of carbonyl (C=O) groups excluding carboxylic acids is 2. The van der Waals surface area contributed by atoms with E-state index < -0.39 is 39.1 Å². The van der Waals surface area contributed by atoms with Gasteiger partial charge in [-0.2, -0.15) is 4.72 Å². The van der Waals surface area contributed by atoms with E-state index in [1.165, 1.54) is 0 Å². The minimum atomic E-state index is -4.16. The van der Waals surface area contributed by atoms with Gasteiger partial charge in [0.05, 0.1) is 4.90 Å². The summed E-state index contributed by atoms with van der Waals surface area (Å²) in [4.78, 5) is 36.9. The molecule has 12 nitrogen and oxygen atoms in total. The van der Waals surface area contributed by atoms with Gasteiger partial charge in [0.2, 0.25) is 16.0 Å². The number of imidazole rings is 1. The van der Waals surface area contributed by atoms with E-state index in [-0.39, 0.29) is 29.7 Å². The van der Waals surface area contributed by atoms with Gasteiger partial charge < -0.3 is 20.2 Å². The van der Waals surface area contributed by atoms with Crippen molar-refractivity contribution in [1.82, 2.24) is 19.6 Å². The summed E-state index contributed by atoms with van der Waals surface area (Å²) in [6.07, 6.45) is 6.08. The van der Waals surface area contributed by atoms with Gasteiger partial charge in [0.25, 0.3) is 5.91 Å². The van der Waals surface area contributed by atoms with Gasteiger partial charge in [-0.05, 0) is 88.6 Å². The molecule has 0 aliphatic carbocycles. The van der Waals surface area contributed by atoms with E-state index in [0.29, 0.717) is 24.1 Å². The molecule has 310 valence electrons. The Hall–Kier alpha value is -5.79. The van der Waals surface area contributed by atoms with Crippen LogP contribution in [0.4, 0.5) is 5.95 Å². The van der Waals surface area contributed by atoms with Crippen LogP contribution in [-0.4, -0.2) is 66.4 Å². The van der Waals surface area contributed by atoms with Crippen LogP contribution < -0.4 is 15.4 Å². The molecule has 5 aromatic rings. The number of hydrogen-bond donors (Lipinski definition) is 3. The normalized spacial score (nSPS) is 14.9. The zero-order valence-electron chi connectivity index (χ0n) is 34.6. The maximum Gasteiger partial charge on any atom is 0.326 e. The fourth-order valence-corrected chi connectivity index (χ4v) is 9.39. The van der Waals surface area contributed by atoms with E-state index in [4.69, 9.17) is 14.6 Å². The Morgan fingerprint density at radius 3 is 1.97 bits per heavy atom. The Bertz CT molecular complexity index is 2240. The molecule has 0 fully saturated rings. The van der Waals surface area contributed by atoms with E-state index in [1.54, 1.807) is 46.8 Å². The fraction of sp³-hybridized carbons (Fsp3) is 0.348. The Morgan fingerprint density at radius 2 is 1.42 bits per heavy atom. The van der Waals surface area contributed by atoms with Crippen molar-refractivity contribution in [1.29, 1.82) is 0 Å². The standard InChI is InChI=1S/C46H54N6O6S/c1-32-28-33(2)41(34(3)29-32)59(55,56)51-40(43(54)57-45(4,5)6)31-49-42(53)39-30-38(58-50-39)24-16-17-25-47-44-48-26-27-52(44)46(35-18-10-7-11-19-35,36-20-12-8-13-21-36)37-22-14-9-15-23-37/h7-15,18-23,26-29,38,40,51H,16-17,24-25,30-31H2,1-6H3,(H,47,48)(H,49,53)/t38?,40-/m0/s1. The summed E-state index contributed by atoms with van der Waals surface area (Å²) in [5.41, 5.74) is 3.91. The number of nitrogens with zero attached hydrogens (tertiary/aromatic N) is 3. The SMILES string of the molecule is Cc1cc(C)c(S(=O)(=O)N[C@@H](CNC(=O)C2=NOC(CCCCNc3nccn3C(c3ccccc3)(c3ccccc3)c3ccccc3)C2)C(=O)OC(C)(C)C)c(C)c1. The third kappa shape index (κ3) is 10.1. The molecule has 1 unspecified atom stereocenters. The van der Waals surface area contributed by atoms with Crippen LogP contribution in [0.25, 0.3) is 0 Å². The molecule has 0 saturated heterocycles. The van der Waals surface area contributed by atoms with Gasteiger partial charge in [0.1, 0.15) is 29.0 Å². The average Bonchev–Trinajstić information content (AvgIpc) is 3.87. The Balaban J connectivity index is 1.05. The molecule has 3 N–H and O–H groups in total. The number of rotatable bonds is 17. The van der Waals surface area contributed by atoms with Crippen LogP contribution in [0, 0.1) is 20.8 Å². The van der Waals surface area contributed by atoms with Gasteiger partial charge in [0, 0.05) is 31.9 Å². The maximum atomic E-state index is 13.6. The highest BCUT2D eigenvalue weighted by Gasteiger charge is 2.40. The molecule has 4 aromatic carbocycles. The number of sulfonamides is 1. The number of nitrogens with one attached hydrogen (secondary N) is 3. The summed E-state index contributed by atoms with van der Waals surface area (Å²) in [5.74, 6) is -0.625. The number of amides is 1. The quantitative estimate of drug-likeness (QED) is 0.0507. The van der Waals surface area contributed by atoms with E-state index in [9.17, 15) is 18.0 Å². The van der Waals surface area contributed by atoms with Crippen molar-refractivity contribution in [3.8, 4) is 0 Å². The number of esters is 1. The third-order valence-corrected chi connectivity index (χ3v) is 11.9.